The minimum absolute atomic E-state index is 0.792. The third-order valence-electron chi connectivity index (χ3n) is 5.01. The molecule has 4 rings (SSSR count). The zero-order valence-corrected chi connectivity index (χ0v) is 18.0. The van der Waals surface area contributed by atoms with Crippen molar-refractivity contribution < 1.29 is 9.47 Å². The van der Waals surface area contributed by atoms with Crippen LogP contribution < -0.4 is 0 Å². The standard InChI is InChI=1S/C18H28N6O2S2/c1-22-14-19-16-15(22)17(27-12-6-23-2-8-25-9-3-23)21-18(20-16)28-13-7-24-4-10-26-11-5-24/h14H,2-13H2,1H3. The monoisotopic (exact) mass is 424 g/mol. The number of imidazole rings is 1. The molecule has 2 aliphatic heterocycles. The Morgan fingerprint density at radius 1 is 0.893 bits per heavy atom. The smallest absolute Gasteiger partial charge is 0.190 e. The Morgan fingerprint density at radius 2 is 1.50 bits per heavy atom. The maximum Gasteiger partial charge on any atom is 0.190 e. The fourth-order valence-electron chi connectivity index (χ4n) is 3.35. The molecule has 0 amide bonds. The van der Waals surface area contributed by atoms with Crippen molar-refractivity contribution in [2.45, 2.75) is 10.2 Å². The lowest BCUT2D eigenvalue weighted by Crippen LogP contribution is -2.37. The summed E-state index contributed by atoms with van der Waals surface area (Å²) in [7, 11) is 2.01. The second-order valence-corrected chi connectivity index (χ2v) is 9.09. The number of aryl methyl sites for hydroxylation is 1. The van der Waals surface area contributed by atoms with Gasteiger partial charge < -0.3 is 14.0 Å². The number of fused-ring (bicyclic) bond motifs is 1. The van der Waals surface area contributed by atoms with E-state index in [9.17, 15) is 0 Å². The van der Waals surface area contributed by atoms with Crippen LogP contribution in [0.1, 0.15) is 0 Å². The van der Waals surface area contributed by atoms with Crippen LogP contribution in [-0.2, 0) is 16.5 Å². The van der Waals surface area contributed by atoms with E-state index in [-0.39, 0.29) is 0 Å². The van der Waals surface area contributed by atoms with Crippen LogP contribution in [0.2, 0.25) is 0 Å². The summed E-state index contributed by atoms with van der Waals surface area (Å²) >= 11 is 3.52. The van der Waals surface area contributed by atoms with E-state index in [0.717, 1.165) is 98.5 Å². The van der Waals surface area contributed by atoms with Crippen LogP contribution in [-0.4, -0.2) is 107 Å². The molecule has 0 spiro atoms. The molecule has 0 unspecified atom stereocenters. The molecule has 0 radical (unpaired) electrons. The van der Waals surface area contributed by atoms with Gasteiger partial charge in [0.15, 0.2) is 10.8 Å². The van der Waals surface area contributed by atoms with Gasteiger partial charge in [-0.15, -0.1) is 11.8 Å². The summed E-state index contributed by atoms with van der Waals surface area (Å²) < 4.78 is 12.9. The van der Waals surface area contributed by atoms with Crippen molar-refractivity contribution in [2.24, 2.45) is 7.05 Å². The van der Waals surface area contributed by atoms with Gasteiger partial charge in [-0.3, -0.25) is 9.80 Å². The largest absolute Gasteiger partial charge is 0.379 e. The number of ether oxygens (including phenoxy) is 2. The number of hydrogen-bond donors (Lipinski definition) is 0. The molecule has 0 aliphatic carbocycles. The highest BCUT2D eigenvalue weighted by molar-refractivity contribution is 8.00. The molecule has 0 atom stereocenters. The van der Waals surface area contributed by atoms with Gasteiger partial charge in [0.25, 0.3) is 0 Å². The lowest BCUT2D eigenvalue weighted by atomic mass is 10.4. The van der Waals surface area contributed by atoms with Crippen LogP contribution in [0.3, 0.4) is 0 Å². The summed E-state index contributed by atoms with van der Waals surface area (Å²) in [5.41, 5.74) is 1.82. The lowest BCUT2D eigenvalue weighted by molar-refractivity contribution is 0.0409. The van der Waals surface area contributed by atoms with Crippen LogP contribution in [0.5, 0.6) is 0 Å². The molecule has 28 heavy (non-hydrogen) atoms. The Hall–Kier alpha value is -0.910. The van der Waals surface area contributed by atoms with Gasteiger partial charge in [-0.1, -0.05) is 11.8 Å². The van der Waals surface area contributed by atoms with E-state index in [1.807, 2.05) is 17.9 Å². The van der Waals surface area contributed by atoms with Gasteiger partial charge in [-0.2, -0.15) is 0 Å². The molecule has 0 aromatic carbocycles. The molecule has 2 saturated heterocycles. The van der Waals surface area contributed by atoms with E-state index in [1.165, 1.54) is 0 Å². The van der Waals surface area contributed by atoms with Crippen LogP contribution in [0.25, 0.3) is 11.2 Å². The first kappa shape index (κ1) is 20.4. The molecule has 4 heterocycles. The minimum Gasteiger partial charge on any atom is -0.379 e. The Bertz CT molecular complexity index is 762. The van der Waals surface area contributed by atoms with Crippen molar-refractivity contribution in [3.05, 3.63) is 6.33 Å². The van der Waals surface area contributed by atoms with Gasteiger partial charge in [0.1, 0.15) is 10.5 Å². The summed E-state index contributed by atoms with van der Waals surface area (Å²) in [4.78, 5) is 18.9. The number of morpholine rings is 2. The predicted molar refractivity (Wildman–Crippen MR) is 112 cm³/mol. The maximum absolute atomic E-state index is 5.43. The number of aromatic nitrogens is 4. The Kier molecular flexibility index (Phi) is 7.43. The fraction of sp³-hybridized carbons (Fsp3) is 0.722. The molecule has 2 aromatic heterocycles. The van der Waals surface area contributed by atoms with Gasteiger partial charge in [-0.05, 0) is 0 Å². The fourth-order valence-corrected chi connectivity index (χ4v) is 5.32. The zero-order valence-electron chi connectivity index (χ0n) is 16.4. The van der Waals surface area contributed by atoms with E-state index in [1.54, 1.807) is 23.5 Å². The zero-order chi connectivity index (χ0) is 19.2. The number of hydrogen-bond acceptors (Lipinski definition) is 9. The van der Waals surface area contributed by atoms with Crippen LogP contribution >= 0.6 is 23.5 Å². The number of nitrogens with zero attached hydrogens (tertiary/aromatic N) is 6. The maximum atomic E-state index is 5.43. The second-order valence-electron chi connectivity index (χ2n) is 6.94. The third-order valence-corrected chi connectivity index (χ3v) is 6.78. The predicted octanol–water partition coefficient (Wildman–Crippen LogP) is 1.21. The first-order valence-electron chi connectivity index (χ1n) is 9.84. The normalized spacial score (nSPS) is 19.5. The third kappa shape index (κ3) is 5.37. The summed E-state index contributed by atoms with van der Waals surface area (Å²) in [6, 6.07) is 0. The highest BCUT2D eigenvalue weighted by atomic mass is 32.2. The van der Waals surface area contributed by atoms with Crippen molar-refractivity contribution in [1.82, 2.24) is 29.3 Å². The summed E-state index contributed by atoms with van der Waals surface area (Å²) in [6.07, 6.45) is 1.83. The molecule has 2 fully saturated rings. The molecule has 0 bridgehead atoms. The molecule has 0 N–H and O–H groups in total. The lowest BCUT2D eigenvalue weighted by Gasteiger charge is -2.26. The average Bonchev–Trinajstić information content (AvgIpc) is 3.10. The molecule has 8 nitrogen and oxygen atoms in total. The van der Waals surface area contributed by atoms with Gasteiger partial charge >= 0.3 is 0 Å². The van der Waals surface area contributed by atoms with Gasteiger partial charge in [0, 0.05) is 57.8 Å². The topological polar surface area (TPSA) is 68.5 Å². The quantitative estimate of drug-likeness (QED) is 0.353. The highest BCUT2D eigenvalue weighted by Crippen LogP contribution is 2.27. The van der Waals surface area contributed by atoms with Crippen LogP contribution in [0.4, 0.5) is 0 Å². The van der Waals surface area contributed by atoms with E-state index in [4.69, 9.17) is 14.5 Å². The Morgan fingerprint density at radius 3 is 2.14 bits per heavy atom. The Labute approximate surface area is 174 Å². The van der Waals surface area contributed by atoms with Crippen molar-refractivity contribution in [2.75, 3.05) is 77.2 Å². The average molecular weight is 425 g/mol. The highest BCUT2D eigenvalue weighted by Gasteiger charge is 2.16. The molecule has 2 aromatic rings. The van der Waals surface area contributed by atoms with Gasteiger partial charge in [0.05, 0.1) is 32.8 Å². The van der Waals surface area contributed by atoms with Gasteiger partial charge in [-0.25, -0.2) is 15.0 Å². The Balaban J connectivity index is 1.37. The molecule has 0 saturated carbocycles. The molecule has 2 aliphatic rings. The number of thioether (sulfide) groups is 2. The van der Waals surface area contributed by atoms with Crippen molar-refractivity contribution in [1.29, 1.82) is 0 Å². The molecular weight excluding hydrogens is 396 g/mol. The summed E-state index contributed by atoms with van der Waals surface area (Å²) in [5, 5.41) is 1.86. The van der Waals surface area contributed by atoms with Crippen molar-refractivity contribution >= 4 is 34.7 Å². The minimum atomic E-state index is 0.792. The summed E-state index contributed by atoms with van der Waals surface area (Å²) in [6.45, 7) is 9.53. The first-order valence-corrected chi connectivity index (χ1v) is 11.8. The van der Waals surface area contributed by atoms with E-state index >= 15 is 0 Å². The van der Waals surface area contributed by atoms with Crippen LogP contribution in [0, 0.1) is 0 Å². The molecule has 10 heteroatoms. The van der Waals surface area contributed by atoms with E-state index in [2.05, 4.69) is 19.8 Å². The van der Waals surface area contributed by atoms with Crippen molar-refractivity contribution in [3.63, 3.8) is 0 Å². The van der Waals surface area contributed by atoms with E-state index < -0.39 is 0 Å². The summed E-state index contributed by atoms with van der Waals surface area (Å²) in [5.74, 6) is 1.99. The molecule has 154 valence electrons. The molecular formula is C18H28N6O2S2. The number of rotatable bonds is 8. The van der Waals surface area contributed by atoms with Crippen LogP contribution in [0.15, 0.2) is 16.5 Å². The van der Waals surface area contributed by atoms with E-state index in [0.29, 0.717) is 0 Å². The first-order chi connectivity index (χ1) is 13.8. The van der Waals surface area contributed by atoms with Gasteiger partial charge in [0.2, 0.25) is 0 Å². The second kappa shape index (κ2) is 10.2. The SMILES string of the molecule is Cn1cnc2nc(SCCN3CCOCC3)nc(SCCN3CCOCC3)c21. The van der Waals surface area contributed by atoms with Crippen molar-refractivity contribution in [3.8, 4) is 0 Å².